The molecule has 0 saturated heterocycles. The monoisotopic (exact) mass is 451 g/mol. The molecular formula is C22H18BrN3OS. The lowest BCUT2D eigenvalue weighted by atomic mass is 10.1. The summed E-state index contributed by atoms with van der Waals surface area (Å²) in [7, 11) is 0. The molecule has 4 rings (SSSR count). The van der Waals surface area contributed by atoms with E-state index in [1.807, 2.05) is 67.0 Å². The van der Waals surface area contributed by atoms with Crippen LogP contribution in [-0.4, -0.2) is 10.9 Å². The highest BCUT2D eigenvalue weighted by Gasteiger charge is 2.14. The first-order valence-corrected chi connectivity index (χ1v) is 10.5. The Labute approximate surface area is 175 Å². The molecule has 6 heteroatoms. The maximum Gasteiger partial charge on any atom is 0.267 e. The lowest BCUT2D eigenvalue weighted by molar-refractivity contribution is 0.103. The number of fused-ring (bicyclic) bond motifs is 1. The third-order valence-corrected chi connectivity index (χ3v) is 6.30. The molecule has 0 saturated carbocycles. The summed E-state index contributed by atoms with van der Waals surface area (Å²) in [4.78, 5) is 17.8. The van der Waals surface area contributed by atoms with Gasteiger partial charge in [0.25, 0.3) is 5.91 Å². The van der Waals surface area contributed by atoms with Crippen LogP contribution in [0.25, 0.3) is 10.9 Å². The topological polar surface area (TPSA) is 54.0 Å². The van der Waals surface area contributed by atoms with Crippen molar-refractivity contribution in [2.75, 3.05) is 10.6 Å². The number of benzene rings is 2. The number of aromatic nitrogens is 1. The number of thiophene rings is 1. The average molecular weight is 452 g/mol. The third kappa shape index (κ3) is 3.93. The molecule has 2 aromatic heterocycles. The highest BCUT2D eigenvalue weighted by atomic mass is 79.9. The minimum Gasteiger partial charge on any atom is -0.380 e. The van der Waals surface area contributed by atoms with Crippen molar-refractivity contribution in [3.8, 4) is 0 Å². The fourth-order valence-corrected chi connectivity index (χ4v) is 4.05. The van der Waals surface area contributed by atoms with Gasteiger partial charge in [0.2, 0.25) is 0 Å². The largest absolute Gasteiger partial charge is 0.380 e. The number of carbonyl (C=O) groups excluding carboxylic acids is 1. The number of nitrogens with one attached hydrogen (secondary N) is 2. The molecule has 140 valence electrons. The summed E-state index contributed by atoms with van der Waals surface area (Å²) in [6.07, 6.45) is 1.82. The standard InChI is InChI=1S/C22H18BrN3OS/c1-14-12-16(6-7-18(14)23)26-22(27)21-20(9-11-28-21)25-13-15-8-10-24-19-5-3-2-4-17(15)19/h2-12,25H,13H2,1H3,(H,26,27). The van der Waals surface area contributed by atoms with Crippen LogP contribution in [0.4, 0.5) is 11.4 Å². The molecule has 0 atom stereocenters. The fraction of sp³-hybridized carbons (Fsp3) is 0.0909. The van der Waals surface area contributed by atoms with E-state index in [-0.39, 0.29) is 5.91 Å². The zero-order chi connectivity index (χ0) is 19.5. The Balaban J connectivity index is 1.50. The molecule has 0 spiro atoms. The van der Waals surface area contributed by atoms with Crippen LogP contribution in [0.5, 0.6) is 0 Å². The lowest BCUT2D eigenvalue weighted by Gasteiger charge is -2.11. The number of hydrogen-bond donors (Lipinski definition) is 2. The average Bonchev–Trinajstić information content (AvgIpc) is 3.18. The van der Waals surface area contributed by atoms with Gasteiger partial charge >= 0.3 is 0 Å². The molecule has 4 aromatic rings. The molecule has 4 nitrogen and oxygen atoms in total. The first kappa shape index (κ1) is 18.7. The molecule has 2 N–H and O–H groups in total. The van der Waals surface area contributed by atoms with Crippen molar-refractivity contribution in [2.45, 2.75) is 13.5 Å². The molecule has 2 aromatic carbocycles. The molecular weight excluding hydrogens is 434 g/mol. The van der Waals surface area contributed by atoms with Crippen molar-refractivity contribution in [1.82, 2.24) is 4.98 Å². The van der Waals surface area contributed by atoms with Crippen LogP contribution in [0, 0.1) is 6.92 Å². The van der Waals surface area contributed by atoms with E-state index in [4.69, 9.17) is 0 Å². The SMILES string of the molecule is Cc1cc(NC(=O)c2sccc2NCc2ccnc3ccccc23)ccc1Br. The molecule has 0 radical (unpaired) electrons. The summed E-state index contributed by atoms with van der Waals surface area (Å²) >= 11 is 4.91. The number of rotatable bonds is 5. The zero-order valence-corrected chi connectivity index (χ0v) is 17.6. The number of amides is 1. The number of halogens is 1. The predicted molar refractivity (Wildman–Crippen MR) is 120 cm³/mol. The zero-order valence-electron chi connectivity index (χ0n) is 15.2. The maximum atomic E-state index is 12.8. The first-order valence-electron chi connectivity index (χ1n) is 8.83. The van der Waals surface area contributed by atoms with Crippen molar-refractivity contribution in [2.24, 2.45) is 0 Å². The van der Waals surface area contributed by atoms with Crippen LogP contribution >= 0.6 is 27.3 Å². The summed E-state index contributed by atoms with van der Waals surface area (Å²) in [5.41, 5.74) is 4.80. The van der Waals surface area contributed by atoms with Crippen LogP contribution in [0.1, 0.15) is 20.8 Å². The van der Waals surface area contributed by atoms with Crippen molar-refractivity contribution in [3.63, 3.8) is 0 Å². The van der Waals surface area contributed by atoms with Crippen LogP contribution in [0.2, 0.25) is 0 Å². The Kier molecular flexibility index (Phi) is 5.41. The van der Waals surface area contributed by atoms with Crippen LogP contribution < -0.4 is 10.6 Å². The van der Waals surface area contributed by atoms with Crippen LogP contribution in [0.15, 0.2) is 70.6 Å². The number of pyridine rings is 1. The predicted octanol–water partition coefficient (Wildman–Crippen LogP) is 6.23. The van der Waals surface area contributed by atoms with Gasteiger partial charge in [-0.1, -0.05) is 34.1 Å². The van der Waals surface area contributed by atoms with Crippen molar-refractivity contribution in [3.05, 3.63) is 86.7 Å². The second kappa shape index (κ2) is 8.12. The highest BCUT2D eigenvalue weighted by Crippen LogP contribution is 2.26. The highest BCUT2D eigenvalue weighted by molar-refractivity contribution is 9.10. The van der Waals surface area contributed by atoms with E-state index in [9.17, 15) is 4.79 Å². The van der Waals surface area contributed by atoms with Crippen molar-refractivity contribution < 1.29 is 4.79 Å². The number of hydrogen-bond acceptors (Lipinski definition) is 4. The Hall–Kier alpha value is -2.70. The van der Waals surface area contributed by atoms with Gasteiger partial charge in [-0.25, -0.2) is 0 Å². The second-order valence-corrected chi connectivity index (χ2v) is 8.19. The Morgan fingerprint density at radius 3 is 2.86 bits per heavy atom. The van der Waals surface area contributed by atoms with Gasteiger partial charge in [-0.3, -0.25) is 9.78 Å². The Bertz CT molecular complexity index is 1150. The van der Waals surface area contributed by atoms with E-state index in [1.54, 1.807) is 0 Å². The quantitative estimate of drug-likeness (QED) is 0.377. The molecule has 0 unspecified atom stereocenters. The van der Waals surface area contributed by atoms with E-state index in [0.29, 0.717) is 11.4 Å². The van der Waals surface area contributed by atoms with Gasteiger partial charge in [-0.15, -0.1) is 11.3 Å². The first-order chi connectivity index (χ1) is 13.6. The van der Waals surface area contributed by atoms with Gasteiger partial charge in [0.15, 0.2) is 0 Å². The van der Waals surface area contributed by atoms with Gasteiger partial charge < -0.3 is 10.6 Å². The normalized spacial score (nSPS) is 10.8. The summed E-state index contributed by atoms with van der Waals surface area (Å²) in [5.74, 6) is -0.112. The molecule has 0 bridgehead atoms. The van der Waals surface area contributed by atoms with Gasteiger partial charge in [0.1, 0.15) is 4.88 Å². The summed E-state index contributed by atoms with van der Waals surface area (Å²) in [6.45, 7) is 2.62. The van der Waals surface area contributed by atoms with E-state index >= 15 is 0 Å². The molecule has 28 heavy (non-hydrogen) atoms. The van der Waals surface area contributed by atoms with Crippen molar-refractivity contribution in [1.29, 1.82) is 0 Å². The third-order valence-electron chi connectivity index (χ3n) is 4.50. The van der Waals surface area contributed by atoms with Crippen LogP contribution in [-0.2, 0) is 6.54 Å². The van der Waals surface area contributed by atoms with Gasteiger partial charge in [-0.2, -0.15) is 0 Å². The number of anilines is 2. The van der Waals surface area contributed by atoms with E-state index in [2.05, 4.69) is 37.6 Å². The number of nitrogens with zero attached hydrogens (tertiary/aromatic N) is 1. The van der Waals surface area contributed by atoms with Crippen LogP contribution in [0.3, 0.4) is 0 Å². The molecule has 0 fully saturated rings. The summed E-state index contributed by atoms with van der Waals surface area (Å²) in [6, 6.07) is 17.8. The molecule has 0 aliphatic rings. The Morgan fingerprint density at radius 2 is 2.00 bits per heavy atom. The fourth-order valence-electron chi connectivity index (χ4n) is 3.03. The van der Waals surface area contributed by atoms with Gasteiger partial charge in [0.05, 0.1) is 11.2 Å². The smallest absolute Gasteiger partial charge is 0.267 e. The second-order valence-electron chi connectivity index (χ2n) is 6.42. The van der Waals surface area contributed by atoms with Gasteiger partial charge in [0, 0.05) is 28.3 Å². The minimum atomic E-state index is -0.112. The Morgan fingerprint density at radius 1 is 1.14 bits per heavy atom. The van der Waals surface area contributed by atoms with E-state index in [1.165, 1.54) is 11.3 Å². The summed E-state index contributed by atoms with van der Waals surface area (Å²) < 4.78 is 1.02. The number of aryl methyl sites for hydroxylation is 1. The maximum absolute atomic E-state index is 12.8. The number of carbonyl (C=O) groups is 1. The molecule has 1 amide bonds. The van der Waals surface area contributed by atoms with E-state index in [0.717, 1.165) is 37.9 Å². The number of para-hydroxylation sites is 1. The molecule has 0 aliphatic carbocycles. The molecule has 0 aliphatic heterocycles. The van der Waals surface area contributed by atoms with Gasteiger partial charge in [-0.05, 0) is 59.8 Å². The van der Waals surface area contributed by atoms with Crippen molar-refractivity contribution >= 4 is 55.5 Å². The van der Waals surface area contributed by atoms with E-state index < -0.39 is 0 Å². The summed E-state index contributed by atoms with van der Waals surface area (Å²) in [5, 5.41) is 9.42. The minimum absolute atomic E-state index is 0.112. The molecule has 2 heterocycles. The lowest BCUT2D eigenvalue weighted by Crippen LogP contribution is -2.13.